The van der Waals surface area contributed by atoms with Gasteiger partial charge in [-0.05, 0) is 51.8 Å². The Morgan fingerprint density at radius 2 is 1.94 bits per heavy atom. The molecule has 3 rings (SSSR count). The highest BCUT2D eigenvalue weighted by molar-refractivity contribution is 7.89. The summed E-state index contributed by atoms with van der Waals surface area (Å²) in [6.07, 6.45) is 1.01. The lowest BCUT2D eigenvalue weighted by Crippen LogP contribution is -2.41. The van der Waals surface area contributed by atoms with Crippen molar-refractivity contribution < 1.29 is 18.0 Å². The largest absolute Gasteiger partial charge is 0.339 e. The third kappa shape index (κ3) is 5.82. The number of nitrogens with one attached hydrogen (secondary N) is 2. The van der Waals surface area contributed by atoms with Crippen LogP contribution in [0.15, 0.2) is 28.5 Å². The van der Waals surface area contributed by atoms with E-state index in [0.29, 0.717) is 31.1 Å². The number of hydrogen-bond donors (Lipinski definition) is 2. The fraction of sp³-hybridized carbons (Fsp3) is 0.450. The molecule has 0 spiro atoms. The van der Waals surface area contributed by atoms with Crippen molar-refractivity contribution in [2.45, 2.75) is 44.6 Å². The van der Waals surface area contributed by atoms with Crippen molar-refractivity contribution >= 4 is 49.9 Å². The van der Waals surface area contributed by atoms with Gasteiger partial charge in [-0.3, -0.25) is 9.59 Å². The highest BCUT2D eigenvalue weighted by Crippen LogP contribution is 2.26. The van der Waals surface area contributed by atoms with E-state index in [-0.39, 0.29) is 39.3 Å². The minimum absolute atomic E-state index is 0.0121. The zero-order chi connectivity index (χ0) is 22.8. The summed E-state index contributed by atoms with van der Waals surface area (Å²) in [5, 5.41) is 5.45. The van der Waals surface area contributed by atoms with Crippen LogP contribution in [-0.2, 0) is 14.8 Å². The number of amides is 2. The van der Waals surface area contributed by atoms with E-state index >= 15 is 0 Å². The molecule has 31 heavy (non-hydrogen) atoms. The molecule has 1 aliphatic heterocycles. The molecule has 2 heterocycles. The summed E-state index contributed by atoms with van der Waals surface area (Å²) < 4.78 is 27.4. The average Bonchev–Trinajstić information content (AvgIpc) is 3.11. The second-order valence-electron chi connectivity index (χ2n) is 7.77. The van der Waals surface area contributed by atoms with Crippen LogP contribution in [0, 0.1) is 12.8 Å². The van der Waals surface area contributed by atoms with Crippen LogP contribution in [0.1, 0.15) is 42.7 Å². The number of halogens is 1. The van der Waals surface area contributed by atoms with Gasteiger partial charge in [-0.25, -0.2) is 18.1 Å². The van der Waals surface area contributed by atoms with Crippen molar-refractivity contribution in [2.24, 2.45) is 5.92 Å². The van der Waals surface area contributed by atoms with Crippen molar-refractivity contribution in [3.05, 3.63) is 39.9 Å². The number of piperidine rings is 1. The first-order valence-electron chi connectivity index (χ1n) is 9.91. The predicted octanol–water partition coefficient (Wildman–Crippen LogP) is 3.28. The number of carbonyl (C=O) groups excluding carboxylic acids is 2. The third-order valence-electron chi connectivity index (χ3n) is 4.87. The topological polar surface area (TPSA) is 108 Å². The second kappa shape index (κ2) is 9.64. The van der Waals surface area contributed by atoms with Gasteiger partial charge in [0.1, 0.15) is 0 Å². The molecule has 8 nitrogen and oxygen atoms in total. The number of carbonyl (C=O) groups is 2. The lowest BCUT2D eigenvalue weighted by atomic mass is 9.95. The molecule has 2 aromatic rings. The molecule has 2 N–H and O–H groups in total. The molecule has 11 heteroatoms. The molecular formula is C20H25ClN4O4S2. The Morgan fingerprint density at radius 1 is 1.26 bits per heavy atom. The van der Waals surface area contributed by atoms with E-state index in [4.69, 9.17) is 11.6 Å². The van der Waals surface area contributed by atoms with E-state index in [1.807, 2.05) is 12.3 Å². The molecule has 2 amide bonds. The Bertz CT molecular complexity index is 1080. The van der Waals surface area contributed by atoms with Gasteiger partial charge in [-0.1, -0.05) is 11.6 Å². The van der Waals surface area contributed by atoms with E-state index in [1.54, 1.807) is 18.7 Å². The highest BCUT2D eigenvalue weighted by atomic mass is 35.5. The number of aryl methyl sites for hydroxylation is 1. The van der Waals surface area contributed by atoms with E-state index in [0.717, 1.165) is 5.69 Å². The molecular weight excluding hydrogens is 460 g/mol. The molecule has 1 aromatic heterocycles. The molecule has 0 saturated carbocycles. The Labute approximate surface area is 191 Å². The second-order valence-corrected chi connectivity index (χ2v) is 10.7. The Kier molecular flexibility index (Phi) is 7.35. The number of nitrogens with zero attached hydrogens (tertiary/aromatic N) is 2. The molecule has 1 aliphatic rings. The minimum Gasteiger partial charge on any atom is -0.339 e. The summed E-state index contributed by atoms with van der Waals surface area (Å²) in [7, 11) is -3.75. The van der Waals surface area contributed by atoms with Crippen molar-refractivity contribution in [2.75, 3.05) is 18.4 Å². The van der Waals surface area contributed by atoms with Gasteiger partial charge in [0.05, 0.1) is 21.2 Å². The molecule has 0 bridgehead atoms. The maximum Gasteiger partial charge on any atom is 0.255 e. The molecule has 1 aromatic carbocycles. The number of aromatic nitrogens is 1. The number of anilines is 1. The van der Waals surface area contributed by atoms with E-state index in [2.05, 4.69) is 15.0 Å². The lowest BCUT2D eigenvalue weighted by Gasteiger charge is -2.31. The number of sulfonamides is 1. The van der Waals surface area contributed by atoms with Gasteiger partial charge < -0.3 is 10.2 Å². The fourth-order valence-corrected chi connectivity index (χ4v) is 5.51. The average molecular weight is 485 g/mol. The summed E-state index contributed by atoms with van der Waals surface area (Å²) in [5.74, 6) is -0.668. The van der Waals surface area contributed by atoms with Gasteiger partial charge in [0.25, 0.3) is 5.91 Å². The molecule has 0 radical (unpaired) electrons. The number of hydrogen-bond acceptors (Lipinski definition) is 6. The molecule has 1 fully saturated rings. The smallest absolute Gasteiger partial charge is 0.255 e. The first-order chi connectivity index (χ1) is 14.6. The van der Waals surface area contributed by atoms with Gasteiger partial charge >= 0.3 is 0 Å². The van der Waals surface area contributed by atoms with Crippen LogP contribution in [0.2, 0.25) is 5.02 Å². The SMILES string of the molecule is Cc1csc(NC(=O)C2CCN(C(=O)c3cc(S(=O)(=O)NC(C)C)ccc3Cl)CC2)n1. The maximum absolute atomic E-state index is 13.0. The monoisotopic (exact) mass is 484 g/mol. The zero-order valence-corrected chi connectivity index (χ0v) is 19.9. The van der Waals surface area contributed by atoms with Crippen molar-refractivity contribution in [3.8, 4) is 0 Å². The molecule has 1 saturated heterocycles. The first-order valence-corrected chi connectivity index (χ1v) is 12.6. The molecule has 0 unspecified atom stereocenters. The highest BCUT2D eigenvalue weighted by Gasteiger charge is 2.30. The maximum atomic E-state index is 13.0. The van der Waals surface area contributed by atoms with Gasteiger partial charge in [0.2, 0.25) is 15.9 Å². The Morgan fingerprint density at radius 3 is 2.52 bits per heavy atom. The van der Waals surface area contributed by atoms with Gasteiger partial charge in [-0.15, -0.1) is 11.3 Å². The van der Waals surface area contributed by atoms with Crippen molar-refractivity contribution in [1.29, 1.82) is 0 Å². The quantitative estimate of drug-likeness (QED) is 0.654. The molecule has 168 valence electrons. The van der Waals surface area contributed by atoms with Crippen LogP contribution >= 0.6 is 22.9 Å². The molecule has 0 aliphatic carbocycles. The summed E-state index contributed by atoms with van der Waals surface area (Å²) in [6.45, 7) is 6.06. The fourth-order valence-electron chi connectivity index (χ4n) is 3.35. The van der Waals surface area contributed by atoms with Crippen LogP contribution in [-0.4, -0.2) is 49.2 Å². The van der Waals surface area contributed by atoms with Crippen molar-refractivity contribution in [1.82, 2.24) is 14.6 Å². The minimum atomic E-state index is -3.75. The van der Waals surface area contributed by atoms with E-state index < -0.39 is 10.0 Å². The summed E-state index contributed by atoms with van der Waals surface area (Å²) in [6, 6.07) is 3.82. The standard InChI is InChI=1S/C20H25ClN4O4S2/c1-12(2)24-31(28,29)15-4-5-17(21)16(10-15)19(27)25-8-6-14(7-9-25)18(26)23-20-22-13(3)11-30-20/h4-5,10-12,14,24H,6-9H2,1-3H3,(H,22,23,26). The van der Waals surface area contributed by atoms with Crippen LogP contribution in [0.5, 0.6) is 0 Å². The predicted molar refractivity (Wildman–Crippen MR) is 121 cm³/mol. The summed E-state index contributed by atoms with van der Waals surface area (Å²) in [5.41, 5.74) is 0.986. The van der Waals surface area contributed by atoms with Crippen LogP contribution in [0.4, 0.5) is 5.13 Å². The number of likely N-dealkylation sites (tertiary alicyclic amines) is 1. The third-order valence-corrected chi connectivity index (χ3v) is 7.73. The van der Waals surface area contributed by atoms with Gasteiger partial charge in [0.15, 0.2) is 5.13 Å². The number of thiazole rings is 1. The van der Waals surface area contributed by atoms with Crippen LogP contribution < -0.4 is 10.0 Å². The Balaban J connectivity index is 1.66. The Hall–Kier alpha value is -2.01. The summed E-state index contributed by atoms with van der Waals surface area (Å²) in [4.78, 5) is 31.3. The number of benzene rings is 1. The van der Waals surface area contributed by atoms with E-state index in [1.165, 1.54) is 29.5 Å². The first kappa shape index (κ1) is 23.6. The van der Waals surface area contributed by atoms with E-state index in [9.17, 15) is 18.0 Å². The van der Waals surface area contributed by atoms with Gasteiger partial charge in [0, 0.05) is 30.4 Å². The summed E-state index contributed by atoms with van der Waals surface area (Å²) >= 11 is 7.58. The van der Waals surface area contributed by atoms with Crippen LogP contribution in [0.25, 0.3) is 0 Å². The number of rotatable bonds is 6. The van der Waals surface area contributed by atoms with Crippen LogP contribution in [0.3, 0.4) is 0 Å². The lowest BCUT2D eigenvalue weighted by molar-refractivity contribution is -0.121. The van der Waals surface area contributed by atoms with Crippen molar-refractivity contribution in [3.63, 3.8) is 0 Å². The molecule has 0 atom stereocenters. The van der Waals surface area contributed by atoms with Gasteiger partial charge in [-0.2, -0.15) is 0 Å². The normalized spacial score (nSPS) is 15.3. The zero-order valence-electron chi connectivity index (χ0n) is 17.5.